The van der Waals surface area contributed by atoms with Crippen LogP contribution in [0.25, 0.3) is 0 Å². The highest BCUT2D eigenvalue weighted by molar-refractivity contribution is 5.77. The van der Waals surface area contributed by atoms with Crippen LogP contribution in [-0.4, -0.2) is 43.1 Å². The van der Waals surface area contributed by atoms with Crippen LogP contribution in [0.15, 0.2) is 4.99 Å². The van der Waals surface area contributed by atoms with E-state index >= 15 is 0 Å². The van der Waals surface area contributed by atoms with Gasteiger partial charge in [0.1, 0.15) is 0 Å². The monoisotopic (exact) mass is 282 g/mol. The fraction of sp³-hybridized carbons (Fsp3) is 0.938. The zero-order chi connectivity index (χ0) is 15.0. The minimum Gasteiger partial charge on any atom is -0.370 e. The molecular weight excluding hydrogens is 248 g/mol. The number of likely N-dealkylation sites (tertiary alicyclic amines) is 1. The van der Waals surface area contributed by atoms with Crippen molar-refractivity contribution in [3.05, 3.63) is 0 Å². The van der Waals surface area contributed by atoms with E-state index in [-0.39, 0.29) is 0 Å². The Labute approximate surface area is 125 Å². The van der Waals surface area contributed by atoms with Gasteiger partial charge >= 0.3 is 0 Å². The summed E-state index contributed by atoms with van der Waals surface area (Å²) >= 11 is 0. The van der Waals surface area contributed by atoms with E-state index in [1.165, 1.54) is 32.2 Å². The van der Waals surface area contributed by atoms with Crippen molar-refractivity contribution in [3.63, 3.8) is 0 Å². The minimum atomic E-state index is 0.436. The Kier molecular flexibility index (Phi) is 7.35. The number of likely N-dealkylation sites (N-methyl/N-ethyl adjacent to an activating group) is 1. The van der Waals surface area contributed by atoms with Crippen molar-refractivity contribution in [2.45, 2.75) is 65.8 Å². The molecule has 118 valence electrons. The van der Waals surface area contributed by atoms with Gasteiger partial charge < -0.3 is 11.1 Å². The van der Waals surface area contributed by atoms with Crippen LogP contribution in [-0.2, 0) is 0 Å². The Balaban J connectivity index is 2.12. The highest BCUT2D eigenvalue weighted by Crippen LogP contribution is 2.21. The molecule has 1 aliphatic heterocycles. The first-order valence-corrected chi connectivity index (χ1v) is 8.20. The second-order valence-corrected chi connectivity index (χ2v) is 7.10. The molecule has 0 radical (unpaired) electrons. The molecule has 0 saturated carbocycles. The Morgan fingerprint density at radius 2 is 2.10 bits per heavy atom. The van der Waals surface area contributed by atoms with E-state index in [1.807, 2.05) is 0 Å². The Morgan fingerprint density at radius 1 is 1.35 bits per heavy atom. The highest BCUT2D eigenvalue weighted by atomic mass is 15.2. The van der Waals surface area contributed by atoms with Crippen LogP contribution in [0.4, 0.5) is 0 Å². The smallest absolute Gasteiger partial charge is 0.188 e. The standard InChI is InChI=1S/C16H34N4/c1-5-20-12-8-9-14(20)13-19-15(17)18-11-7-6-10-16(2,3)4/h14H,5-13H2,1-4H3,(H3,17,18,19). The molecule has 1 atom stereocenters. The average molecular weight is 282 g/mol. The Morgan fingerprint density at radius 3 is 2.75 bits per heavy atom. The van der Waals surface area contributed by atoms with Crippen LogP contribution < -0.4 is 11.1 Å². The third-order valence-corrected chi connectivity index (χ3v) is 4.04. The lowest BCUT2D eigenvalue weighted by Gasteiger charge is -2.21. The molecule has 3 N–H and O–H groups in total. The van der Waals surface area contributed by atoms with Crippen LogP contribution >= 0.6 is 0 Å². The third-order valence-electron chi connectivity index (χ3n) is 4.04. The Hall–Kier alpha value is -0.770. The van der Waals surface area contributed by atoms with Crippen molar-refractivity contribution < 1.29 is 0 Å². The summed E-state index contributed by atoms with van der Waals surface area (Å²) in [4.78, 5) is 6.99. The first kappa shape index (κ1) is 17.3. The molecule has 0 aliphatic carbocycles. The summed E-state index contributed by atoms with van der Waals surface area (Å²) < 4.78 is 0. The van der Waals surface area contributed by atoms with E-state index in [0.717, 1.165) is 26.1 Å². The van der Waals surface area contributed by atoms with Gasteiger partial charge in [0.2, 0.25) is 0 Å². The fourth-order valence-corrected chi connectivity index (χ4v) is 2.77. The largest absolute Gasteiger partial charge is 0.370 e. The summed E-state index contributed by atoms with van der Waals surface area (Å²) in [5, 5.41) is 3.23. The first-order valence-electron chi connectivity index (χ1n) is 8.20. The maximum absolute atomic E-state index is 5.93. The molecule has 0 aromatic heterocycles. The number of unbranched alkanes of at least 4 members (excludes halogenated alkanes) is 1. The third kappa shape index (κ3) is 7.13. The summed E-state index contributed by atoms with van der Waals surface area (Å²) in [5.74, 6) is 0.615. The summed E-state index contributed by atoms with van der Waals surface area (Å²) in [6.45, 7) is 13.2. The normalized spacial score (nSPS) is 21.4. The molecule has 0 bridgehead atoms. The number of hydrogen-bond donors (Lipinski definition) is 2. The SMILES string of the molecule is CCN1CCCC1CN=C(N)NCCCCC(C)(C)C. The molecule has 0 aromatic rings. The fourth-order valence-electron chi connectivity index (χ4n) is 2.77. The molecule has 4 nitrogen and oxygen atoms in total. The zero-order valence-electron chi connectivity index (χ0n) is 13.9. The Bertz CT molecular complexity index is 293. The van der Waals surface area contributed by atoms with Gasteiger partial charge in [-0.25, -0.2) is 0 Å². The van der Waals surface area contributed by atoms with E-state index in [9.17, 15) is 0 Å². The van der Waals surface area contributed by atoms with Gasteiger partial charge in [-0.2, -0.15) is 0 Å². The number of nitrogens with one attached hydrogen (secondary N) is 1. The number of rotatable bonds is 7. The van der Waals surface area contributed by atoms with Gasteiger partial charge in [0.05, 0.1) is 6.54 Å². The van der Waals surface area contributed by atoms with Crippen molar-refractivity contribution in [2.24, 2.45) is 16.1 Å². The maximum Gasteiger partial charge on any atom is 0.188 e. The molecule has 1 heterocycles. The summed E-state index contributed by atoms with van der Waals surface area (Å²) in [6, 6.07) is 0.598. The van der Waals surface area contributed by atoms with Crippen LogP contribution in [0.5, 0.6) is 0 Å². The predicted octanol–water partition coefficient (Wildman–Crippen LogP) is 2.59. The van der Waals surface area contributed by atoms with Gasteiger partial charge in [-0.3, -0.25) is 9.89 Å². The molecule has 0 spiro atoms. The lowest BCUT2D eigenvalue weighted by Crippen LogP contribution is -2.36. The van der Waals surface area contributed by atoms with E-state index in [1.54, 1.807) is 0 Å². The summed E-state index contributed by atoms with van der Waals surface area (Å²) in [6.07, 6.45) is 6.23. The van der Waals surface area contributed by atoms with Gasteiger partial charge in [-0.1, -0.05) is 34.1 Å². The number of nitrogens with two attached hydrogens (primary N) is 1. The number of guanidine groups is 1. The molecule has 1 rings (SSSR count). The zero-order valence-corrected chi connectivity index (χ0v) is 13.9. The second kappa shape index (κ2) is 8.50. The molecule has 1 saturated heterocycles. The van der Waals surface area contributed by atoms with Gasteiger partial charge in [0.25, 0.3) is 0 Å². The van der Waals surface area contributed by atoms with Gasteiger partial charge in [0, 0.05) is 12.6 Å². The van der Waals surface area contributed by atoms with Gasteiger partial charge in [0.15, 0.2) is 5.96 Å². The maximum atomic E-state index is 5.93. The van der Waals surface area contributed by atoms with E-state index < -0.39 is 0 Å². The van der Waals surface area contributed by atoms with Crippen LogP contribution in [0.2, 0.25) is 0 Å². The molecule has 20 heavy (non-hydrogen) atoms. The van der Waals surface area contributed by atoms with E-state index in [0.29, 0.717) is 17.4 Å². The van der Waals surface area contributed by atoms with Crippen molar-refractivity contribution in [3.8, 4) is 0 Å². The molecule has 0 aromatic carbocycles. The minimum absolute atomic E-state index is 0.436. The van der Waals surface area contributed by atoms with Gasteiger partial charge in [-0.05, 0) is 44.2 Å². The van der Waals surface area contributed by atoms with Crippen molar-refractivity contribution in [1.82, 2.24) is 10.2 Å². The highest BCUT2D eigenvalue weighted by Gasteiger charge is 2.22. The van der Waals surface area contributed by atoms with Crippen molar-refractivity contribution in [2.75, 3.05) is 26.2 Å². The van der Waals surface area contributed by atoms with E-state index in [4.69, 9.17) is 5.73 Å². The quantitative estimate of drug-likeness (QED) is 0.429. The molecule has 4 heteroatoms. The van der Waals surface area contributed by atoms with Crippen LogP contribution in [0, 0.1) is 5.41 Å². The van der Waals surface area contributed by atoms with Crippen molar-refractivity contribution in [1.29, 1.82) is 0 Å². The molecule has 1 aliphatic rings. The second-order valence-electron chi connectivity index (χ2n) is 7.10. The average Bonchev–Trinajstić information content (AvgIpc) is 2.82. The number of nitrogens with zero attached hydrogens (tertiary/aromatic N) is 2. The summed E-state index contributed by atoms with van der Waals surface area (Å²) in [7, 11) is 0. The van der Waals surface area contributed by atoms with Crippen LogP contribution in [0.3, 0.4) is 0 Å². The van der Waals surface area contributed by atoms with Crippen LogP contribution in [0.1, 0.15) is 59.8 Å². The summed E-state index contributed by atoms with van der Waals surface area (Å²) in [5.41, 5.74) is 6.36. The van der Waals surface area contributed by atoms with Gasteiger partial charge in [-0.15, -0.1) is 0 Å². The molecule has 1 fully saturated rings. The predicted molar refractivity (Wildman–Crippen MR) is 88.1 cm³/mol. The molecular formula is C16H34N4. The lowest BCUT2D eigenvalue weighted by atomic mass is 9.90. The van der Waals surface area contributed by atoms with E-state index in [2.05, 4.69) is 42.9 Å². The lowest BCUT2D eigenvalue weighted by molar-refractivity contribution is 0.273. The first-order chi connectivity index (χ1) is 9.42. The number of aliphatic imine (C=N–C) groups is 1. The topological polar surface area (TPSA) is 53.6 Å². The molecule has 0 amide bonds. The molecule has 1 unspecified atom stereocenters. The van der Waals surface area contributed by atoms with Crippen molar-refractivity contribution >= 4 is 5.96 Å². The number of hydrogen-bond acceptors (Lipinski definition) is 2.